The van der Waals surface area contributed by atoms with Gasteiger partial charge in [0.05, 0.1) is 6.61 Å². The first-order valence-electron chi connectivity index (χ1n) is 10.7. The van der Waals surface area contributed by atoms with E-state index in [0.29, 0.717) is 30.3 Å². The molecular weight excluding hydrogens is 398 g/mol. The monoisotopic (exact) mass is 421 g/mol. The largest absolute Gasteiger partial charge is 0.490 e. The first-order valence-corrected chi connectivity index (χ1v) is 10.7. The van der Waals surface area contributed by atoms with Crippen LogP contribution in [0.2, 0.25) is 0 Å². The van der Waals surface area contributed by atoms with Crippen molar-refractivity contribution in [2.45, 2.75) is 13.5 Å². The van der Waals surface area contributed by atoms with E-state index in [1.165, 1.54) is 10.8 Å². The Bertz CT molecular complexity index is 1340. The summed E-state index contributed by atoms with van der Waals surface area (Å²) in [6, 6.07) is 28.1. The van der Waals surface area contributed by atoms with Gasteiger partial charge in [-0.1, -0.05) is 60.7 Å². The summed E-state index contributed by atoms with van der Waals surface area (Å²) in [6.07, 6.45) is 1.89. The molecular formula is C28H23NO3. The lowest BCUT2D eigenvalue weighted by Gasteiger charge is -2.13. The molecule has 1 N–H and O–H groups in total. The van der Waals surface area contributed by atoms with Crippen molar-refractivity contribution in [1.29, 1.82) is 0 Å². The quantitative estimate of drug-likeness (QED) is 0.371. The normalized spacial score (nSPS) is 13.8. The van der Waals surface area contributed by atoms with Gasteiger partial charge >= 0.3 is 0 Å². The maximum Gasteiger partial charge on any atom is 0.256 e. The number of nitrogens with one attached hydrogen (secondary N) is 1. The second-order valence-corrected chi connectivity index (χ2v) is 7.67. The summed E-state index contributed by atoms with van der Waals surface area (Å²) in [4.78, 5) is 12.4. The van der Waals surface area contributed by atoms with E-state index in [0.717, 1.165) is 22.4 Å². The second kappa shape index (κ2) is 8.60. The SMILES string of the molecule is CCOc1cc(/C=C2\C(=O)Nc3ccccc32)ccc1OCc1ccc2ccccc2c1. The van der Waals surface area contributed by atoms with Crippen molar-refractivity contribution < 1.29 is 14.3 Å². The predicted octanol–water partition coefficient (Wildman–Crippen LogP) is 6.31. The summed E-state index contributed by atoms with van der Waals surface area (Å²) < 4.78 is 11.9. The maximum atomic E-state index is 12.4. The zero-order valence-corrected chi connectivity index (χ0v) is 17.8. The van der Waals surface area contributed by atoms with Gasteiger partial charge in [0.1, 0.15) is 6.61 Å². The Morgan fingerprint density at radius 3 is 2.50 bits per heavy atom. The average Bonchev–Trinajstić information content (AvgIpc) is 3.13. The third kappa shape index (κ3) is 3.95. The summed E-state index contributed by atoms with van der Waals surface area (Å²) in [6.45, 7) is 2.91. The fraction of sp³-hybridized carbons (Fsp3) is 0.107. The molecule has 0 spiro atoms. The smallest absolute Gasteiger partial charge is 0.256 e. The number of amides is 1. The van der Waals surface area contributed by atoms with Gasteiger partial charge < -0.3 is 14.8 Å². The highest BCUT2D eigenvalue weighted by atomic mass is 16.5. The van der Waals surface area contributed by atoms with E-state index in [1.54, 1.807) is 0 Å². The van der Waals surface area contributed by atoms with E-state index < -0.39 is 0 Å². The van der Waals surface area contributed by atoms with E-state index >= 15 is 0 Å². The third-order valence-corrected chi connectivity index (χ3v) is 5.50. The summed E-state index contributed by atoms with van der Waals surface area (Å²) in [5.41, 5.74) is 4.37. The van der Waals surface area contributed by atoms with Crippen molar-refractivity contribution in [3.63, 3.8) is 0 Å². The first kappa shape index (κ1) is 19.9. The lowest BCUT2D eigenvalue weighted by atomic mass is 10.0. The van der Waals surface area contributed by atoms with Gasteiger partial charge in [-0.3, -0.25) is 4.79 Å². The summed E-state index contributed by atoms with van der Waals surface area (Å²) in [5.74, 6) is 1.24. The van der Waals surface area contributed by atoms with Crippen LogP contribution in [0.3, 0.4) is 0 Å². The number of ether oxygens (including phenoxy) is 2. The fourth-order valence-corrected chi connectivity index (χ4v) is 3.94. The first-order chi connectivity index (χ1) is 15.7. The second-order valence-electron chi connectivity index (χ2n) is 7.67. The Kier molecular flexibility index (Phi) is 5.34. The van der Waals surface area contributed by atoms with Gasteiger partial charge in [-0.15, -0.1) is 0 Å². The van der Waals surface area contributed by atoms with E-state index in [4.69, 9.17) is 9.47 Å². The number of hydrogen-bond donors (Lipinski definition) is 1. The van der Waals surface area contributed by atoms with Crippen molar-refractivity contribution >= 4 is 34.0 Å². The van der Waals surface area contributed by atoms with Gasteiger partial charge in [-0.25, -0.2) is 0 Å². The number of rotatable bonds is 6. The zero-order valence-electron chi connectivity index (χ0n) is 17.8. The molecule has 158 valence electrons. The van der Waals surface area contributed by atoms with Crippen LogP contribution in [0.1, 0.15) is 23.6 Å². The van der Waals surface area contributed by atoms with E-state index in [2.05, 4.69) is 35.6 Å². The zero-order chi connectivity index (χ0) is 21.9. The molecule has 0 aromatic heterocycles. The number of para-hydroxylation sites is 1. The Morgan fingerprint density at radius 1 is 0.812 bits per heavy atom. The van der Waals surface area contributed by atoms with Gasteiger partial charge in [-0.2, -0.15) is 0 Å². The summed E-state index contributed by atoms with van der Waals surface area (Å²) >= 11 is 0. The molecule has 5 rings (SSSR count). The van der Waals surface area contributed by atoms with Crippen LogP contribution in [0, 0.1) is 0 Å². The lowest BCUT2D eigenvalue weighted by Crippen LogP contribution is -2.03. The fourth-order valence-electron chi connectivity index (χ4n) is 3.94. The van der Waals surface area contributed by atoms with Crippen LogP contribution < -0.4 is 14.8 Å². The molecule has 0 aliphatic carbocycles. The molecule has 32 heavy (non-hydrogen) atoms. The Morgan fingerprint density at radius 2 is 1.62 bits per heavy atom. The number of fused-ring (bicyclic) bond motifs is 2. The topological polar surface area (TPSA) is 47.6 Å². The van der Waals surface area contributed by atoms with Crippen LogP contribution in [0.15, 0.2) is 84.9 Å². The van der Waals surface area contributed by atoms with Gasteiger partial charge in [0.15, 0.2) is 11.5 Å². The van der Waals surface area contributed by atoms with Crippen molar-refractivity contribution in [3.05, 3.63) is 102 Å². The highest BCUT2D eigenvalue weighted by Gasteiger charge is 2.23. The minimum absolute atomic E-state index is 0.0965. The van der Waals surface area contributed by atoms with Crippen LogP contribution >= 0.6 is 0 Å². The standard InChI is InChI=1S/C28H23NO3/c1-2-31-27-17-19(16-24-23-9-5-6-10-25(23)29-28(24)30)12-14-26(27)32-18-20-11-13-21-7-3-4-8-22(21)15-20/h3-17H,2,18H2,1H3,(H,29,30)/b24-16-. The Labute approximate surface area is 187 Å². The number of anilines is 1. The van der Waals surface area contributed by atoms with Crippen molar-refractivity contribution in [2.24, 2.45) is 0 Å². The van der Waals surface area contributed by atoms with Gasteiger partial charge in [0.2, 0.25) is 0 Å². The number of hydrogen-bond acceptors (Lipinski definition) is 3. The van der Waals surface area contributed by atoms with Crippen molar-refractivity contribution in [1.82, 2.24) is 0 Å². The van der Waals surface area contributed by atoms with Crippen molar-refractivity contribution in [3.8, 4) is 11.5 Å². The molecule has 1 aliphatic rings. The molecule has 4 aromatic rings. The van der Waals surface area contributed by atoms with Gasteiger partial charge in [-0.05, 0) is 59.2 Å². The molecule has 4 heteroatoms. The van der Waals surface area contributed by atoms with Crippen LogP contribution in [0.25, 0.3) is 22.4 Å². The number of carbonyl (C=O) groups is 1. The minimum Gasteiger partial charge on any atom is -0.490 e. The minimum atomic E-state index is -0.0965. The highest BCUT2D eigenvalue weighted by Crippen LogP contribution is 2.35. The number of benzene rings is 4. The van der Waals surface area contributed by atoms with E-state index in [9.17, 15) is 4.79 Å². The Hall–Kier alpha value is -4.05. The molecule has 0 atom stereocenters. The average molecular weight is 421 g/mol. The summed E-state index contributed by atoms with van der Waals surface area (Å²) in [7, 11) is 0. The molecule has 1 heterocycles. The molecule has 0 radical (unpaired) electrons. The number of carbonyl (C=O) groups excluding carboxylic acids is 1. The van der Waals surface area contributed by atoms with Crippen LogP contribution in [0.4, 0.5) is 5.69 Å². The summed E-state index contributed by atoms with van der Waals surface area (Å²) in [5, 5.41) is 5.31. The van der Waals surface area contributed by atoms with Crippen LogP contribution in [-0.2, 0) is 11.4 Å². The van der Waals surface area contributed by atoms with Crippen LogP contribution in [-0.4, -0.2) is 12.5 Å². The van der Waals surface area contributed by atoms with Gasteiger partial charge in [0.25, 0.3) is 5.91 Å². The molecule has 1 amide bonds. The molecule has 0 unspecified atom stereocenters. The molecule has 4 aromatic carbocycles. The third-order valence-electron chi connectivity index (χ3n) is 5.50. The Balaban J connectivity index is 1.40. The molecule has 4 nitrogen and oxygen atoms in total. The molecule has 0 saturated heterocycles. The van der Waals surface area contributed by atoms with E-state index in [-0.39, 0.29) is 5.91 Å². The maximum absolute atomic E-state index is 12.4. The van der Waals surface area contributed by atoms with E-state index in [1.807, 2.05) is 67.6 Å². The molecule has 0 fully saturated rings. The van der Waals surface area contributed by atoms with Crippen molar-refractivity contribution in [2.75, 3.05) is 11.9 Å². The highest BCUT2D eigenvalue weighted by molar-refractivity contribution is 6.34. The lowest BCUT2D eigenvalue weighted by molar-refractivity contribution is -0.110. The molecule has 0 saturated carbocycles. The molecule has 0 bridgehead atoms. The van der Waals surface area contributed by atoms with Gasteiger partial charge in [0, 0.05) is 16.8 Å². The molecule has 1 aliphatic heterocycles. The predicted molar refractivity (Wildman–Crippen MR) is 129 cm³/mol. The van der Waals surface area contributed by atoms with Crippen LogP contribution in [0.5, 0.6) is 11.5 Å².